The maximum Gasteiger partial charge on any atom is 0.411 e. The highest BCUT2D eigenvalue weighted by atomic mass is 19.4. The summed E-state index contributed by atoms with van der Waals surface area (Å²) in [5.41, 5.74) is -1.66. The Balaban J connectivity index is 0.000000400. The summed E-state index contributed by atoms with van der Waals surface area (Å²) in [6.07, 6.45) is -12.6. The molecule has 0 aliphatic carbocycles. The molecule has 40 heavy (non-hydrogen) atoms. The van der Waals surface area contributed by atoms with Crippen molar-refractivity contribution < 1.29 is 65.2 Å². The van der Waals surface area contributed by atoms with Crippen molar-refractivity contribution in [3.63, 3.8) is 0 Å². The van der Waals surface area contributed by atoms with Gasteiger partial charge in [-0.25, -0.2) is 19.2 Å². The molecule has 2 fully saturated rings. The van der Waals surface area contributed by atoms with Crippen LogP contribution in [-0.2, 0) is 19.1 Å². The fourth-order valence-corrected chi connectivity index (χ4v) is 4.07. The number of alkyl halides is 6. The van der Waals surface area contributed by atoms with Crippen LogP contribution in [0.25, 0.3) is 0 Å². The Morgan fingerprint density at radius 1 is 0.625 bits per heavy atom. The fraction of sp³-hybridized carbons (Fsp3) is 0.833. The highest BCUT2D eigenvalue weighted by Crippen LogP contribution is 2.38. The lowest BCUT2D eigenvalue weighted by atomic mass is 9.90. The van der Waals surface area contributed by atoms with Gasteiger partial charge in [0.1, 0.15) is 23.3 Å². The molecule has 2 saturated heterocycles. The maximum atomic E-state index is 12.6. The van der Waals surface area contributed by atoms with Gasteiger partial charge < -0.3 is 19.7 Å². The van der Waals surface area contributed by atoms with E-state index in [0.717, 1.165) is 9.80 Å². The topological polar surface area (TPSA) is 134 Å². The van der Waals surface area contributed by atoms with Crippen molar-refractivity contribution in [1.29, 1.82) is 0 Å². The number of carboxylic acid groups (broad SMARTS) is 2. The zero-order chi connectivity index (χ0) is 31.4. The van der Waals surface area contributed by atoms with Crippen molar-refractivity contribution >= 4 is 24.1 Å². The summed E-state index contributed by atoms with van der Waals surface area (Å²) in [6, 6.07) is -3.02. The quantitative estimate of drug-likeness (QED) is 0.412. The molecule has 2 rings (SSSR count). The van der Waals surface area contributed by atoms with Crippen LogP contribution in [0.2, 0.25) is 0 Å². The van der Waals surface area contributed by atoms with Gasteiger partial charge in [-0.1, -0.05) is 0 Å². The molecule has 2 N–H and O–H groups in total. The number of nitrogens with zero attached hydrogens (tertiary/aromatic N) is 2. The normalized spacial score (nSPS) is 24.4. The first kappa shape index (κ1) is 35.1. The standard InChI is InChI=1S/2C12H18F3NO4/c2*1-11(2,3)20-10(19)16-5-4-7(12(13,14)15)6-8(16)9(17)18/h2*7-8H,4-6H2,1-3H3,(H,17,18)/t2*7-,8-/m10/s1. The summed E-state index contributed by atoms with van der Waals surface area (Å²) in [4.78, 5) is 47.6. The summed E-state index contributed by atoms with van der Waals surface area (Å²) >= 11 is 0. The fourth-order valence-electron chi connectivity index (χ4n) is 4.07. The Labute approximate surface area is 227 Å². The number of amides is 2. The van der Waals surface area contributed by atoms with E-state index in [1.165, 1.54) is 0 Å². The average molecular weight is 595 g/mol. The van der Waals surface area contributed by atoms with Gasteiger partial charge in [0.25, 0.3) is 0 Å². The van der Waals surface area contributed by atoms with Crippen LogP contribution >= 0.6 is 0 Å². The second-order valence-electron chi connectivity index (χ2n) is 11.6. The number of carbonyl (C=O) groups excluding carboxylic acids is 2. The van der Waals surface area contributed by atoms with Crippen molar-refractivity contribution in [1.82, 2.24) is 9.80 Å². The molecule has 0 unspecified atom stereocenters. The minimum Gasteiger partial charge on any atom is -0.480 e. The van der Waals surface area contributed by atoms with Crippen molar-refractivity contribution in [2.75, 3.05) is 13.1 Å². The molecule has 4 atom stereocenters. The molecule has 2 aliphatic rings. The molecule has 0 aromatic carbocycles. The largest absolute Gasteiger partial charge is 0.480 e. The van der Waals surface area contributed by atoms with Gasteiger partial charge in [-0.05, 0) is 67.2 Å². The van der Waals surface area contributed by atoms with E-state index in [1.54, 1.807) is 41.5 Å². The van der Waals surface area contributed by atoms with Gasteiger partial charge in [-0.3, -0.25) is 9.80 Å². The molecule has 2 amide bonds. The number of carbonyl (C=O) groups is 4. The van der Waals surface area contributed by atoms with E-state index < -0.39 is 84.4 Å². The summed E-state index contributed by atoms with van der Waals surface area (Å²) in [7, 11) is 0. The minimum absolute atomic E-state index is 0.282. The summed E-state index contributed by atoms with van der Waals surface area (Å²) in [5.74, 6) is -6.32. The molecule has 10 nitrogen and oxygen atoms in total. The first-order chi connectivity index (χ1) is 17.8. The van der Waals surface area contributed by atoms with Crippen molar-refractivity contribution in [3.8, 4) is 0 Å². The number of ether oxygens (including phenoxy) is 2. The number of halogens is 6. The zero-order valence-electron chi connectivity index (χ0n) is 23.1. The maximum absolute atomic E-state index is 12.6. The Morgan fingerprint density at radius 2 is 0.900 bits per heavy atom. The van der Waals surface area contributed by atoms with Crippen molar-refractivity contribution in [2.24, 2.45) is 11.8 Å². The van der Waals surface area contributed by atoms with Gasteiger partial charge in [-0.2, -0.15) is 26.3 Å². The molecular formula is C24H36F6N2O8. The smallest absolute Gasteiger partial charge is 0.411 e. The van der Waals surface area contributed by atoms with Gasteiger partial charge >= 0.3 is 36.5 Å². The Bertz CT molecular complexity index is 852. The third-order valence-electron chi connectivity index (χ3n) is 5.96. The predicted octanol–water partition coefficient (Wildman–Crippen LogP) is 5.30. The second-order valence-corrected chi connectivity index (χ2v) is 11.6. The van der Waals surface area contributed by atoms with Gasteiger partial charge in [0.05, 0.1) is 11.8 Å². The van der Waals surface area contributed by atoms with Crippen LogP contribution < -0.4 is 0 Å². The molecule has 0 spiro atoms. The Kier molecular flexibility index (Phi) is 11.1. The number of piperidine rings is 2. The molecule has 0 bridgehead atoms. The molecule has 16 heteroatoms. The Morgan fingerprint density at radius 3 is 1.10 bits per heavy atom. The molecule has 0 aromatic heterocycles. The third-order valence-corrected chi connectivity index (χ3v) is 5.96. The highest BCUT2D eigenvalue weighted by Gasteiger charge is 2.49. The zero-order valence-corrected chi connectivity index (χ0v) is 23.1. The molecule has 2 heterocycles. The van der Waals surface area contributed by atoms with Crippen LogP contribution in [-0.4, -0.2) is 92.9 Å². The second kappa shape index (κ2) is 12.7. The summed E-state index contributed by atoms with van der Waals surface area (Å²) in [5, 5.41) is 18.0. The van der Waals surface area contributed by atoms with Crippen LogP contribution in [0.4, 0.5) is 35.9 Å². The van der Waals surface area contributed by atoms with E-state index in [9.17, 15) is 45.5 Å². The lowest BCUT2D eigenvalue weighted by Gasteiger charge is -2.38. The molecule has 0 saturated carbocycles. The van der Waals surface area contributed by atoms with Crippen molar-refractivity contribution in [3.05, 3.63) is 0 Å². The van der Waals surface area contributed by atoms with E-state index in [1.807, 2.05) is 0 Å². The van der Waals surface area contributed by atoms with Gasteiger partial charge in [-0.15, -0.1) is 0 Å². The van der Waals surface area contributed by atoms with Gasteiger partial charge in [0.2, 0.25) is 0 Å². The van der Waals surface area contributed by atoms with E-state index in [2.05, 4.69) is 0 Å². The molecular weight excluding hydrogens is 558 g/mol. The highest BCUT2D eigenvalue weighted by molar-refractivity contribution is 5.81. The number of carboxylic acids is 2. The van der Waals surface area contributed by atoms with Gasteiger partial charge in [0, 0.05) is 13.1 Å². The Hall–Kier alpha value is -2.94. The first-order valence-corrected chi connectivity index (χ1v) is 12.4. The van der Waals surface area contributed by atoms with E-state index in [4.69, 9.17) is 19.7 Å². The number of aliphatic carboxylic acids is 2. The predicted molar refractivity (Wildman–Crippen MR) is 126 cm³/mol. The first-order valence-electron chi connectivity index (χ1n) is 12.4. The van der Waals surface area contributed by atoms with Gasteiger partial charge in [0.15, 0.2) is 0 Å². The summed E-state index contributed by atoms with van der Waals surface area (Å²) in [6.45, 7) is 9.04. The van der Waals surface area contributed by atoms with Crippen LogP contribution in [0.3, 0.4) is 0 Å². The average Bonchev–Trinajstić information content (AvgIpc) is 2.75. The lowest BCUT2D eigenvalue weighted by molar-refractivity contribution is -0.192. The molecule has 0 radical (unpaired) electrons. The van der Waals surface area contributed by atoms with Crippen LogP contribution in [0.5, 0.6) is 0 Å². The third kappa shape index (κ3) is 10.9. The summed E-state index contributed by atoms with van der Waals surface area (Å²) < 4.78 is 85.9. The van der Waals surface area contributed by atoms with Crippen LogP contribution in [0, 0.1) is 11.8 Å². The SMILES string of the molecule is CC(C)(C)OC(=O)N1CC[C@@H](C(F)(F)F)C[C@@H]1C(=O)O.CC(C)(C)OC(=O)N1CC[C@H](C(F)(F)F)C[C@H]1C(=O)O. The van der Waals surface area contributed by atoms with Crippen LogP contribution in [0.1, 0.15) is 67.2 Å². The van der Waals surface area contributed by atoms with Crippen molar-refractivity contribution in [2.45, 2.75) is 103 Å². The van der Waals surface area contributed by atoms with E-state index >= 15 is 0 Å². The number of likely N-dealkylation sites (tertiary alicyclic amines) is 2. The van der Waals surface area contributed by atoms with Crippen LogP contribution in [0.15, 0.2) is 0 Å². The number of rotatable bonds is 2. The monoisotopic (exact) mass is 594 g/mol. The minimum atomic E-state index is -4.45. The molecule has 232 valence electrons. The molecule has 2 aliphatic heterocycles. The molecule has 0 aromatic rings. The lowest BCUT2D eigenvalue weighted by Crippen LogP contribution is -2.53. The number of hydrogen-bond donors (Lipinski definition) is 2. The van der Waals surface area contributed by atoms with E-state index in [-0.39, 0.29) is 25.9 Å². The van der Waals surface area contributed by atoms with E-state index in [0.29, 0.717) is 0 Å². The number of hydrogen-bond acceptors (Lipinski definition) is 6.